The minimum atomic E-state index is -0.464. The number of hydrogen-bond donors (Lipinski definition) is 2. The lowest BCUT2D eigenvalue weighted by Crippen LogP contribution is -2.46. The van der Waals surface area contributed by atoms with Crippen molar-refractivity contribution >= 4 is 36.0 Å². The zero-order valence-corrected chi connectivity index (χ0v) is 19.0. The van der Waals surface area contributed by atoms with E-state index in [1.165, 1.54) is 32.4 Å². The normalized spacial score (nSPS) is 21.9. The number of aliphatic imine (C=N–C) groups is 1. The first-order valence-corrected chi connectivity index (χ1v) is 9.55. The number of piperidine rings is 1. The van der Waals surface area contributed by atoms with Gasteiger partial charge in [0.05, 0.1) is 6.04 Å². The highest BCUT2D eigenvalue weighted by Crippen LogP contribution is 2.12. The molecule has 0 aromatic rings. The summed E-state index contributed by atoms with van der Waals surface area (Å²) in [5, 5.41) is 6.42. The van der Waals surface area contributed by atoms with E-state index in [4.69, 9.17) is 4.74 Å². The fraction of sp³-hybridized carbons (Fsp3) is 0.889. The molecule has 1 atom stereocenters. The monoisotopic (exact) mass is 481 g/mol. The smallest absolute Gasteiger partial charge is 0.407 e. The van der Waals surface area contributed by atoms with Gasteiger partial charge in [-0.25, -0.2) is 4.79 Å². The number of amides is 1. The number of likely N-dealkylation sites (tertiary alicyclic amines) is 2. The van der Waals surface area contributed by atoms with E-state index in [1.807, 2.05) is 27.8 Å². The summed E-state index contributed by atoms with van der Waals surface area (Å²) in [4.78, 5) is 21.0. The molecular weight excluding hydrogens is 445 g/mol. The minimum absolute atomic E-state index is 0. The van der Waals surface area contributed by atoms with Crippen molar-refractivity contribution in [1.82, 2.24) is 20.4 Å². The molecule has 0 radical (unpaired) electrons. The zero-order valence-electron chi connectivity index (χ0n) is 16.7. The second kappa shape index (κ2) is 11.2. The number of carbonyl (C=O) groups excluding carboxylic acids is 1. The van der Waals surface area contributed by atoms with Gasteiger partial charge in [-0.15, -0.1) is 24.0 Å². The summed E-state index contributed by atoms with van der Waals surface area (Å²) in [7, 11) is 1.82. The Morgan fingerprint density at radius 2 is 1.88 bits per heavy atom. The van der Waals surface area contributed by atoms with Crippen molar-refractivity contribution in [1.29, 1.82) is 0 Å². The topological polar surface area (TPSA) is 69.2 Å². The molecule has 0 spiro atoms. The first kappa shape index (κ1) is 23.3. The van der Waals surface area contributed by atoms with E-state index >= 15 is 0 Å². The number of alkyl carbamates (subject to hydrolysis) is 1. The van der Waals surface area contributed by atoms with Gasteiger partial charge in [-0.3, -0.25) is 4.99 Å². The van der Waals surface area contributed by atoms with E-state index in [0.717, 1.165) is 38.6 Å². The maximum absolute atomic E-state index is 11.9. The average Bonchev–Trinajstić information content (AvgIpc) is 2.99. The second-order valence-electron chi connectivity index (χ2n) is 7.95. The SMILES string of the molecule is CN=C(NCCN1CCCCC1)N1CCC(NC(=O)OC(C)(C)C)C1.I. The third kappa shape index (κ3) is 8.28. The van der Waals surface area contributed by atoms with Gasteiger partial charge in [0.1, 0.15) is 5.60 Å². The van der Waals surface area contributed by atoms with Gasteiger partial charge in [-0.2, -0.15) is 0 Å². The predicted molar refractivity (Wildman–Crippen MR) is 116 cm³/mol. The number of nitrogens with zero attached hydrogens (tertiary/aromatic N) is 3. The first-order chi connectivity index (χ1) is 11.9. The predicted octanol–water partition coefficient (Wildman–Crippen LogP) is 2.26. The number of halogens is 1. The highest BCUT2D eigenvalue weighted by atomic mass is 127. The Kier molecular flexibility index (Phi) is 9.99. The van der Waals surface area contributed by atoms with Gasteiger partial charge in [0, 0.05) is 33.2 Å². The molecule has 2 rings (SSSR count). The Balaban J connectivity index is 0.00000338. The molecule has 0 aromatic heterocycles. The highest BCUT2D eigenvalue weighted by Gasteiger charge is 2.27. The highest BCUT2D eigenvalue weighted by molar-refractivity contribution is 14.0. The molecule has 8 heteroatoms. The Bertz CT molecular complexity index is 461. The molecule has 0 bridgehead atoms. The van der Waals surface area contributed by atoms with Crippen LogP contribution in [-0.4, -0.2) is 79.8 Å². The van der Waals surface area contributed by atoms with Crippen LogP contribution in [0.1, 0.15) is 46.5 Å². The molecule has 2 aliphatic rings. The molecule has 0 saturated carbocycles. The van der Waals surface area contributed by atoms with Crippen LogP contribution >= 0.6 is 24.0 Å². The van der Waals surface area contributed by atoms with Crippen molar-refractivity contribution in [3.8, 4) is 0 Å². The van der Waals surface area contributed by atoms with Gasteiger partial charge in [0.2, 0.25) is 0 Å². The van der Waals surface area contributed by atoms with Crippen LogP contribution in [0.3, 0.4) is 0 Å². The minimum Gasteiger partial charge on any atom is -0.444 e. The van der Waals surface area contributed by atoms with E-state index in [0.29, 0.717) is 0 Å². The van der Waals surface area contributed by atoms with Gasteiger partial charge in [0.15, 0.2) is 5.96 Å². The molecular formula is C18H36IN5O2. The van der Waals surface area contributed by atoms with Crippen LogP contribution in [-0.2, 0) is 4.74 Å². The maximum atomic E-state index is 11.9. The van der Waals surface area contributed by atoms with Crippen LogP contribution in [0.2, 0.25) is 0 Å². The number of guanidine groups is 1. The fourth-order valence-electron chi connectivity index (χ4n) is 3.39. The largest absolute Gasteiger partial charge is 0.444 e. The molecule has 2 heterocycles. The van der Waals surface area contributed by atoms with Crippen molar-refractivity contribution in [2.45, 2.75) is 58.1 Å². The molecule has 0 aromatic carbocycles. The molecule has 152 valence electrons. The molecule has 1 amide bonds. The van der Waals surface area contributed by atoms with Crippen molar-refractivity contribution in [2.75, 3.05) is 46.3 Å². The van der Waals surface area contributed by atoms with Crippen LogP contribution < -0.4 is 10.6 Å². The molecule has 1 unspecified atom stereocenters. The quantitative estimate of drug-likeness (QED) is 0.367. The first-order valence-electron chi connectivity index (χ1n) is 9.55. The summed E-state index contributed by atoms with van der Waals surface area (Å²) in [6.07, 6.45) is 4.57. The number of nitrogens with one attached hydrogen (secondary N) is 2. The van der Waals surface area contributed by atoms with Crippen molar-refractivity contribution in [3.05, 3.63) is 0 Å². The van der Waals surface area contributed by atoms with Gasteiger partial charge in [-0.1, -0.05) is 6.42 Å². The number of ether oxygens (including phenoxy) is 1. The third-order valence-corrected chi connectivity index (χ3v) is 4.58. The number of rotatable bonds is 4. The summed E-state index contributed by atoms with van der Waals surface area (Å²) in [6.45, 7) is 11.7. The Labute approximate surface area is 175 Å². The molecule has 2 N–H and O–H groups in total. The van der Waals surface area contributed by atoms with Crippen LogP contribution in [0.15, 0.2) is 4.99 Å². The molecule has 2 aliphatic heterocycles. The molecule has 0 aliphatic carbocycles. The number of carbonyl (C=O) groups is 1. The average molecular weight is 481 g/mol. The van der Waals surface area contributed by atoms with Gasteiger partial charge >= 0.3 is 6.09 Å². The second-order valence-corrected chi connectivity index (χ2v) is 7.95. The maximum Gasteiger partial charge on any atom is 0.407 e. The lowest BCUT2D eigenvalue weighted by molar-refractivity contribution is 0.0507. The summed E-state index contributed by atoms with van der Waals surface area (Å²) >= 11 is 0. The number of hydrogen-bond acceptors (Lipinski definition) is 4. The van der Waals surface area contributed by atoms with Gasteiger partial charge in [0.25, 0.3) is 0 Å². The van der Waals surface area contributed by atoms with E-state index < -0.39 is 5.60 Å². The molecule has 7 nitrogen and oxygen atoms in total. The van der Waals surface area contributed by atoms with Gasteiger partial charge < -0.3 is 25.2 Å². The summed E-state index contributed by atoms with van der Waals surface area (Å²) in [6, 6.07) is 0.107. The summed E-state index contributed by atoms with van der Waals surface area (Å²) in [5.74, 6) is 0.922. The molecule has 2 fully saturated rings. The Morgan fingerprint density at radius 3 is 2.50 bits per heavy atom. The lowest BCUT2D eigenvalue weighted by Gasteiger charge is -2.28. The van der Waals surface area contributed by atoms with E-state index in [1.54, 1.807) is 0 Å². The van der Waals surface area contributed by atoms with E-state index in [9.17, 15) is 4.79 Å². The zero-order chi connectivity index (χ0) is 18.3. The molecule has 26 heavy (non-hydrogen) atoms. The molecule has 2 saturated heterocycles. The van der Waals surface area contributed by atoms with Crippen LogP contribution in [0.5, 0.6) is 0 Å². The fourth-order valence-corrected chi connectivity index (χ4v) is 3.39. The summed E-state index contributed by atoms with van der Waals surface area (Å²) in [5.41, 5.74) is -0.464. The summed E-state index contributed by atoms with van der Waals surface area (Å²) < 4.78 is 5.33. The van der Waals surface area contributed by atoms with Crippen molar-refractivity contribution < 1.29 is 9.53 Å². The Morgan fingerprint density at radius 1 is 1.19 bits per heavy atom. The third-order valence-electron chi connectivity index (χ3n) is 4.58. The standard InChI is InChI=1S/C18H35N5O2.HI/c1-18(2,3)25-17(24)21-15-8-12-23(14-15)16(19-4)20-9-13-22-10-6-5-7-11-22;/h15H,5-14H2,1-4H3,(H,19,20)(H,21,24);1H. The van der Waals surface area contributed by atoms with Crippen molar-refractivity contribution in [3.63, 3.8) is 0 Å². The van der Waals surface area contributed by atoms with Crippen LogP contribution in [0, 0.1) is 0 Å². The van der Waals surface area contributed by atoms with E-state index in [-0.39, 0.29) is 36.1 Å². The van der Waals surface area contributed by atoms with Crippen molar-refractivity contribution in [2.24, 2.45) is 4.99 Å². The van der Waals surface area contributed by atoms with Crippen LogP contribution in [0.4, 0.5) is 4.79 Å². The van der Waals surface area contributed by atoms with Crippen LogP contribution in [0.25, 0.3) is 0 Å². The van der Waals surface area contributed by atoms with E-state index in [2.05, 4.69) is 25.4 Å². The Hall–Kier alpha value is -0.770. The van der Waals surface area contributed by atoms with Gasteiger partial charge in [-0.05, 0) is 53.1 Å². The lowest BCUT2D eigenvalue weighted by atomic mass is 10.1.